The molecule has 0 saturated heterocycles. The molecule has 0 aliphatic rings. The number of hydrogen-bond donors (Lipinski definition) is 1. The maximum atomic E-state index is 8.97. The topological polar surface area (TPSA) is 53.0 Å². The van der Waals surface area contributed by atoms with E-state index in [-0.39, 0.29) is 6.04 Å². The van der Waals surface area contributed by atoms with Gasteiger partial charge in [-0.3, -0.25) is 0 Å². The summed E-state index contributed by atoms with van der Waals surface area (Å²) in [6, 6.07) is 15.8. The zero-order valence-corrected chi connectivity index (χ0v) is 13.1. The maximum Gasteiger partial charge on any atom is 0.0992 e. The Hall–Kier alpha value is -1.83. The van der Waals surface area contributed by atoms with Crippen molar-refractivity contribution in [3.8, 4) is 6.07 Å². The van der Waals surface area contributed by atoms with Crippen LogP contribution in [0, 0.1) is 11.3 Å². The van der Waals surface area contributed by atoms with Crippen LogP contribution < -0.4 is 10.6 Å². The van der Waals surface area contributed by atoms with Crippen LogP contribution in [0.2, 0.25) is 0 Å². The summed E-state index contributed by atoms with van der Waals surface area (Å²) in [5.74, 6) is 0. The highest BCUT2D eigenvalue weighted by Gasteiger charge is 2.10. The minimum absolute atomic E-state index is 0.00701. The Balaban J connectivity index is 2.38. The molecule has 20 heavy (non-hydrogen) atoms. The molecule has 0 spiro atoms. The molecule has 0 bridgehead atoms. The minimum atomic E-state index is 0.00701. The first-order valence-electron chi connectivity index (χ1n) is 6.32. The number of nitrogens with zero attached hydrogens (tertiary/aromatic N) is 2. The normalized spacial score (nSPS) is 11.8. The Morgan fingerprint density at radius 2 is 2.00 bits per heavy atom. The molecule has 3 nitrogen and oxygen atoms in total. The van der Waals surface area contributed by atoms with Gasteiger partial charge in [-0.15, -0.1) is 0 Å². The van der Waals surface area contributed by atoms with Gasteiger partial charge in [-0.2, -0.15) is 5.26 Å². The summed E-state index contributed by atoms with van der Waals surface area (Å²) in [6.07, 6.45) is 0. The van der Waals surface area contributed by atoms with E-state index in [1.807, 2.05) is 55.3 Å². The molecule has 2 N–H and O–H groups in total. The van der Waals surface area contributed by atoms with Crippen molar-refractivity contribution in [2.24, 2.45) is 5.73 Å². The average Bonchev–Trinajstić information content (AvgIpc) is 2.46. The third-order valence-corrected chi connectivity index (χ3v) is 3.86. The summed E-state index contributed by atoms with van der Waals surface area (Å²) in [5, 5.41) is 8.97. The maximum absolute atomic E-state index is 8.97. The first kappa shape index (κ1) is 14.6. The van der Waals surface area contributed by atoms with Gasteiger partial charge in [0.15, 0.2) is 0 Å². The monoisotopic (exact) mass is 329 g/mol. The first-order valence-corrected chi connectivity index (χ1v) is 7.11. The molecule has 0 saturated carbocycles. The zero-order valence-electron chi connectivity index (χ0n) is 11.5. The standard InChI is InChI=1S/C16H16BrN3/c1-11(19)13-6-7-16(15(17)9-13)20(2)14-5-3-4-12(8-14)10-18/h3-9,11H,19H2,1-2H3/t11-/m1/s1. The second kappa shape index (κ2) is 6.08. The van der Waals surface area contributed by atoms with Gasteiger partial charge in [-0.05, 0) is 58.7 Å². The van der Waals surface area contributed by atoms with Crippen LogP contribution in [0.25, 0.3) is 0 Å². The Labute approximate surface area is 127 Å². The number of benzene rings is 2. The van der Waals surface area contributed by atoms with Gasteiger partial charge in [0.05, 0.1) is 17.3 Å². The molecule has 1 atom stereocenters. The molecule has 2 rings (SSSR count). The third-order valence-electron chi connectivity index (χ3n) is 3.22. The van der Waals surface area contributed by atoms with Crippen molar-refractivity contribution in [3.63, 3.8) is 0 Å². The van der Waals surface area contributed by atoms with Gasteiger partial charge in [-0.1, -0.05) is 12.1 Å². The van der Waals surface area contributed by atoms with Crippen molar-refractivity contribution in [2.45, 2.75) is 13.0 Å². The third kappa shape index (κ3) is 3.01. The van der Waals surface area contributed by atoms with Crippen LogP contribution in [-0.2, 0) is 0 Å². The van der Waals surface area contributed by atoms with Crippen LogP contribution in [0.5, 0.6) is 0 Å². The fourth-order valence-corrected chi connectivity index (χ4v) is 2.66. The molecule has 0 aliphatic carbocycles. The summed E-state index contributed by atoms with van der Waals surface area (Å²) in [7, 11) is 1.97. The van der Waals surface area contributed by atoms with Crippen molar-refractivity contribution in [1.82, 2.24) is 0 Å². The average molecular weight is 330 g/mol. The second-order valence-electron chi connectivity index (χ2n) is 4.72. The zero-order chi connectivity index (χ0) is 14.7. The molecule has 102 valence electrons. The lowest BCUT2D eigenvalue weighted by atomic mass is 10.1. The van der Waals surface area contributed by atoms with Crippen LogP contribution in [0.4, 0.5) is 11.4 Å². The largest absolute Gasteiger partial charge is 0.344 e. The Morgan fingerprint density at radius 3 is 2.60 bits per heavy atom. The molecule has 4 heteroatoms. The number of halogens is 1. The molecule has 0 aromatic heterocycles. The van der Waals surface area contributed by atoms with Gasteiger partial charge in [0, 0.05) is 23.2 Å². The lowest BCUT2D eigenvalue weighted by Crippen LogP contribution is -2.11. The summed E-state index contributed by atoms with van der Waals surface area (Å²) >= 11 is 3.59. The molecule has 2 aromatic carbocycles. The second-order valence-corrected chi connectivity index (χ2v) is 5.58. The van der Waals surface area contributed by atoms with Crippen molar-refractivity contribution >= 4 is 27.3 Å². The van der Waals surface area contributed by atoms with E-state index >= 15 is 0 Å². The predicted molar refractivity (Wildman–Crippen MR) is 86.0 cm³/mol. The summed E-state index contributed by atoms with van der Waals surface area (Å²) in [4.78, 5) is 2.04. The number of nitrogens with two attached hydrogens (primary N) is 1. The first-order chi connectivity index (χ1) is 9.52. The molecule has 0 unspecified atom stereocenters. The molecular formula is C16H16BrN3. The Morgan fingerprint density at radius 1 is 1.25 bits per heavy atom. The molecule has 0 fully saturated rings. The summed E-state index contributed by atoms with van der Waals surface area (Å²) in [6.45, 7) is 1.96. The van der Waals surface area contributed by atoms with E-state index < -0.39 is 0 Å². The van der Waals surface area contributed by atoms with Gasteiger partial charge in [0.2, 0.25) is 0 Å². The van der Waals surface area contributed by atoms with Gasteiger partial charge in [0.25, 0.3) is 0 Å². The minimum Gasteiger partial charge on any atom is -0.344 e. The van der Waals surface area contributed by atoms with E-state index in [0.717, 1.165) is 21.4 Å². The molecule has 0 aliphatic heterocycles. The molecule has 2 aromatic rings. The Bertz CT molecular complexity index is 659. The van der Waals surface area contributed by atoms with Gasteiger partial charge < -0.3 is 10.6 Å². The SMILES string of the molecule is C[C@@H](N)c1ccc(N(C)c2cccc(C#N)c2)c(Br)c1. The van der Waals surface area contributed by atoms with Crippen LogP contribution in [0.1, 0.15) is 24.1 Å². The molecule has 0 heterocycles. The van der Waals surface area contributed by atoms with Crippen molar-refractivity contribution in [1.29, 1.82) is 5.26 Å². The van der Waals surface area contributed by atoms with E-state index in [4.69, 9.17) is 11.0 Å². The van der Waals surface area contributed by atoms with Gasteiger partial charge in [-0.25, -0.2) is 0 Å². The van der Waals surface area contributed by atoms with E-state index in [9.17, 15) is 0 Å². The molecule has 0 radical (unpaired) electrons. The highest BCUT2D eigenvalue weighted by Crippen LogP contribution is 2.32. The number of rotatable bonds is 3. The van der Waals surface area contributed by atoms with Gasteiger partial charge >= 0.3 is 0 Å². The predicted octanol–water partition coefficient (Wildman–Crippen LogP) is 4.11. The lowest BCUT2D eigenvalue weighted by molar-refractivity contribution is 0.817. The molecule has 0 amide bonds. The van der Waals surface area contributed by atoms with Crippen LogP contribution in [-0.4, -0.2) is 7.05 Å². The van der Waals surface area contributed by atoms with Crippen molar-refractivity contribution < 1.29 is 0 Å². The fourth-order valence-electron chi connectivity index (χ4n) is 2.00. The number of hydrogen-bond acceptors (Lipinski definition) is 3. The number of nitriles is 1. The summed E-state index contributed by atoms with van der Waals surface area (Å²) in [5.41, 5.74) is 9.62. The van der Waals surface area contributed by atoms with E-state index in [1.54, 1.807) is 6.07 Å². The quantitative estimate of drug-likeness (QED) is 0.921. The van der Waals surface area contributed by atoms with Crippen LogP contribution in [0.15, 0.2) is 46.9 Å². The number of anilines is 2. The van der Waals surface area contributed by atoms with Crippen LogP contribution >= 0.6 is 15.9 Å². The Kier molecular flexibility index (Phi) is 4.43. The molecular weight excluding hydrogens is 314 g/mol. The van der Waals surface area contributed by atoms with Crippen LogP contribution in [0.3, 0.4) is 0 Å². The van der Waals surface area contributed by atoms with E-state index in [0.29, 0.717) is 5.56 Å². The highest BCUT2D eigenvalue weighted by atomic mass is 79.9. The highest BCUT2D eigenvalue weighted by molar-refractivity contribution is 9.10. The smallest absolute Gasteiger partial charge is 0.0992 e. The van der Waals surface area contributed by atoms with E-state index in [1.165, 1.54) is 0 Å². The van der Waals surface area contributed by atoms with E-state index in [2.05, 4.69) is 22.0 Å². The lowest BCUT2D eigenvalue weighted by Gasteiger charge is -2.22. The van der Waals surface area contributed by atoms with Crippen molar-refractivity contribution in [3.05, 3.63) is 58.1 Å². The summed E-state index contributed by atoms with van der Waals surface area (Å²) < 4.78 is 0.983. The fraction of sp³-hybridized carbons (Fsp3) is 0.188. The van der Waals surface area contributed by atoms with Crippen molar-refractivity contribution in [2.75, 3.05) is 11.9 Å². The van der Waals surface area contributed by atoms with Gasteiger partial charge in [0.1, 0.15) is 0 Å².